The third-order valence-corrected chi connectivity index (χ3v) is 5.74. The minimum absolute atomic E-state index is 0.161. The molecule has 2 aromatic rings. The Morgan fingerprint density at radius 3 is 2.36 bits per heavy atom. The van der Waals surface area contributed by atoms with Crippen molar-refractivity contribution < 1.29 is 9.90 Å². The minimum Gasteiger partial charge on any atom is -0.385 e. The van der Waals surface area contributed by atoms with Crippen LogP contribution in [0.5, 0.6) is 0 Å². The molecule has 3 heterocycles. The van der Waals surface area contributed by atoms with E-state index in [0.717, 1.165) is 30.4 Å². The number of hydrogen-bond donors (Lipinski definition) is 1. The number of aryl methyl sites for hydroxylation is 1. The van der Waals surface area contributed by atoms with Gasteiger partial charge in [-0.25, -0.2) is 0 Å². The normalized spacial score (nSPS) is 28.1. The van der Waals surface area contributed by atoms with Gasteiger partial charge in [-0.15, -0.1) is 0 Å². The van der Waals surface area contributed by atoms with Crippen molar-refractivity contribution in [1.29, 1.82) is 0 Å². The second-order valence-electron chi connectivity index (χ2n) is 7.35. The second-order valence-corrected chi connectivity index (χ2v) is 7.35. The predicted octanol–water partition coefficient (Wildman–Crippen LogP) is 3.06. The molecule has 1 N–H and O–H groups in total. The molecule has 4 nitrogen and oxygen atoms in total. The fraction of sp³-hybridized carbons (Fsp3) is 0.429. The number of amides is 1. The van der Waals surface area contributed by atoms with Crippen LogP contribution in [-0.4, -0.2) is 33.0 Å². The SMILES string of the molecule is O=C(CCc1ccncc1)N1C2CCC1CC(O)(c1ccccc1)C2. The number of pyridine rings is 1. The zero-order valence-corrected chi connectivity index (χ0v) is 14.3. The Balaban J connectivity index is 1.44. The molecule has 2 fully saturated rings. The number of benzene rings is 1. The summed E-state index contributed by atoms with van der Waals surface area (Å²) in [5.74, 6) is 0.222. The Bertz CT molecular complexity index is 718. The molecule has 0 saturated carbocycles. The third-order valence-electron chi connectivity index (χ3n) is 5.74. The highest BCUT2D eigenvalue weighted by Crippen LogP contribution is 2.45. The summed E-state index contributed by atoms with van der Waals surface area (Å²) >= 11 is 0. The zero-order valence-electron chi connectivity index (χ0n) is 14.3. The maximum atomic E-state index is 12.8. The zero-order chi connectivity index (χ0) is 17.3. The average molecular weight is 336 g/mol. The summed E-state index contributed by atoms with van der Waals surface area (Å²) in [5.41, 5.74) is 1.33. The van der Waals surface area contributed by atoms with E-state index in [4.69, 9.17) is 0 Å². The summed E-state index contributed by atoms with van der Waals surface area (Å²) in [5, 5.41) is 11.2. The van der Waals surface area contributed by atoms with E-state index >= 15 is 0 Å². The van der Waals surface area contributed by atoms with Crippen molar-refractivity contribution >= 4 is 5.91 Å². The van der Waals surface area contributed by atoms with Gasteiger partial charge >= 0.3 is 0 Å². The molecule has 1 aromatic carbocycles. The number of carbonyl (C=O) groups is 1. The summed E-state index contributed by atoms with van der Waals surface area (Å²) in [4.78, 5) is 18.9. The lowest BCUT2D eigenvalue weighted by atomic mass is 9.80. The van der Waals surface area contributed by atoms with E-state index in [0.29, 0.717) is 19.3 Å². The van der Waals surface area contributed by atoms with E-state index in [1.807, 2.05) is 42.5 Å². The van der Waals surface area contributed by atoms with E-state index in [1.165, 1.54) is 0 Å². The second kappa shape index (κ2) is 6.60. The minimum atomic E-state index is -0.797. The van der Waals surface area contributed by atoms with Gasteiger partial charge in [0.05, 0.1) is 5.60 Å². The first-order chi connectivity index (χ1) is 12.2. The Morgan fingerprint density at radius 1 is 1.08 bits per heavy atom. The van der Waals surface area contributed by atoms with Gasteiger partial charge < -0.3 is 10.0 Å². The Labute approximate surface area is 148 Å². The Morgan fingerprint density at radius 2 is 1.72 bits per heavy atom. The molecule has 0 aliphatic carbocycles. The Hall–Kier alpha value is -2.20. The van der Waals surface area contributed by atoms with Gasteiger partial charge in [-0.2, -0.15) is 0 Å². The van der Waals surface area contributed by atoms with Crippen molar-refractivity contribution in [2.75, 3.05) is 0 Å². The Kier molecular flexibility index (Phi) is 4.30. The van der Waals surface area contributed by atoms with Gasteiger partial charge in [-0.3, -0.25) is 9.78 Å². The summed E-state index contributed by atoms with van der Waals surface area (Å²) in [7, 11) is 0. The highest BCUT2D eigenvalue weighted by Gasteiger charge is 2.49. The number of rotatable bonds is 4. The number of fused-ring (bicyclic) bond motifs is 2. The van der Waals surface area contributed by atoms with Gasteiger partial charge in [-0.05, 0) is 42.5 Å². The van der Waals surface area contributed by atoms with Gasteiger partial charge in [0.1, 0.15) is 0 Å². The van der Waals surface area contributed by atoms with E-state index in [2.05, 4.69) is 9.88 Å². The maximum absolute atomic E-state index is 12.8. The molecule has 2 unspecified atom stereocenters. The van der Waals surface area contributed by atoms with Crippen LogP contribution in [0.25, 0.3) is 0 Å². The van der Waals surface area contributed by atoms with Crippen LogP contribution in [0.3, 0.4) is 0 Å². The molecule has 0 radical (unpaired) electrons. The largest absolute Gasteiger partial charge is 0.385 e. The highest BCUT2D eigenvalue weighted by molar-refractivity contribution is 5.77. The first kappa shape index (κ1) is 16.3. The van der Waals surface area contributed by atoms with Crippen LogP contribution in [0.2, 0.25) is 0 Å². The lowest BCUT2D eigenvalue weighted by Crippen LogP contribution is -2.52. The molecule has 1 amide bonds. The molecular weight excluding hydrogens is 312 g/mol. The number of aromatic nitrogens is 1. The van der Waals surface area contributed by atoms with Crippen molar-refractivity contribution in [3.8, 4) is 0 Å². The van der Waals surface area contributed by atoms with Crippen LogP contribution in [0.4, 0.5) is 0 Å². The van der Waals surface area contributed by atoms with Crippen LogP contribution in [0.1, 0.15) is 43.2 Å². The summed E-state index contributed by atoms with van der Waals surface area (Å²) in [6.07, 6.45) is 8.11. The van der Waals surface area contributed by atoms with Gasteiger partial charge in [0.15, 0.2) is 0 Å². The molecule has 2 aliphatic heterocycles. The van der Waals surface area contributed by atoms with Crippen molar-refractivity contribution in [2.24, 2.45) is 0 Å². The smallest absolute Gasteiger partial charge is 0.223 e. The van der Waals surface area contributed by atoms with Gasteiger partial charge in [0.2, 0.25) is 5.91 Å². The van der Waals surface area contributed by atoms with Gasteiger partial charge in [-0.1, -0.05) is 30.3 Å². The monoisotopic (exact) mass is 336 g/mol. The molecule has 25 heavy (non-hydrogen) atoms. The first-order valence-electron chi connectivity index (χ1n) is 9.14. The van der Waals surface area contributed by atoms with Crippen molar-refractivity contribution in [3.63, 3.8) is 0 Å². The lowest BCUT2D eigenvalue weighted by Gasteiger charge is -2.44. The molecule has 4 heteroatoms. The fourth-order valence-electron chi connectivity index (χ4n) is 4.55. The predicted molar refractivity (Wildman–Crippen MR) is 95.8 cm³/mol. The van der Waals surface area contributed by atoms with E-state index in [9.17, 15) is 9.90 Å². The standard InChI is InChI=1S/C21H24N2O2/c24-20(9-6-16-10-12-22-13-11-16)23-18-7-8-19(23)15-21(25,14-18)17-4-2-1-3-5-17/h1-5,10-13,18-19,25H,6-9,14-15H2. The summed E-state index contributed by atoms with van der Waals surface area (Å²) in [6.45, 7) is 0. The highest BCUT2D eigenvalue weighted by atomic mass is 16.3. The van der Waals surface area contributed by atoms with Crippen molar-refractivity contribution in [3.05, 3.63) is 66.0 Å². The quantitative estimate of drug-likeness (QED) is 0.934. The third kappa shape index (κ3) is 3.19. The topological polar surface area (TPSA) is 53.4 Å². The number of carbonyl (C=O) groups excluding carboxylic acids is 1. The number of piperidine rings is 1. The molecule has 4 rings (SSSR count). The molecule has 2 bridgehead atoms. The molecular formula is C21H24N2O2. The molecule has 0 spiro atoms. The van der Waals surface area contributed by atoms with Crippen LogP contribution in [0.15, 0.2) is 54.9 Å². The van der Waals surface area contributed by atoms with Crippen LogP contribution in [-0.2, 0) is 16.8 Å². The molecule has 2 atom stereocenters. The lowest BCUT2D eigenvalue weighted by molar-refractivity contribution is -0.141. The molecule has 2 aliphatic rings. The number of nitrogens with zero attached hydrogens (tertiary/aromatic N) is 2. The van der Waals surface area contributed by atoms with E-state index in [1.54, 1.807) is 12.4 Å². The number of hydrogen-bond acceptors (Lipinski definition) is 3. The van der Waals surface area contributed by atoms with Crippen LogP contribution in [0, 0.1) is 0 Å². The fourth-order valence-corrected chi connectivity index (χ4v) is 4.55. The van der Waals surface area contributed by atoms with E-state index < -0.39 is 5.60 Å². The molecule has 2 saturated heterocycles. The van der Waals surface area contributed by atoms with Gasteiger partial charge in [0, 0.05) is 43.7 Å². The van der Waals surface area contributed by atoms with Crippen LogP contribution < -0.4 is 0 Å². The maximum Gasteiger partial charge on any atom is 0.223 e. The summed E-state index contributed by atoms with van der Waals surface area (Å²) in [6, 6.07) is 14.2. The van der Waals surface area contributed by atoms with Crippen molar-refractivity contribution in [1.82, 2.24) is 9.88 Å². The molecule has 1 aromatic heterocycles. The first-order valence-corrected chi connectivity index (χ1v) is 9.14. The number of aliphatic hydroxyl groups is 1. The van der Waals surface area contributed by atoms with E-state index in [-0.39, 0.29) is 18.0 Å². The molecule has 130 valence electrons. The average Bonchev–Trinajstić information content (AvgIpc) is 2.93. The van der Waals surface area contributed by atoms with Gasteiger partial charge in [0.25, 0.3) is 0 Å². The summed E-state index contributed by atoms with van der Waals surface area (Å²) < 4.78 is 0. The van der Waals surface area contributed by atoms with Crippen LogP contribution >= 0.6 is 0 Å². The van der Waals surface area contributed by atoms with Crippen molar-refractivity contribution in [2.45, 2.75) is 56.2 Å².